The zero-order valence-electron chi connectivity index (χ0n) is 15.4. The summed E-state index contributed by atoms with van der Waals surface area (Å²) in [6.45, 7) is 4.31. The lowest BCUT2D eigenvalue weighted by Gasteiger charge is -2.18. The zero-order chi connectivity index (χ0) is 18.5. The van der Waals surface area contributed by atoms with Crippen LogP contribution in [0.5, 0.6) is 0 Å². The molecule has 0 bridgehead atoms. The molecule has 0 spiro atoms. The Morgan fingerprint density at radius 1 is 1.35 bits per heavy atom. The summed E-state index contributed by atoms with van der Waals surface area (Å²) in [4.78, 5) is 20.5. The van der Waals surface area contributed by atoms with Crippen molar-refractivity contribution in [3.05, 3.63) is 51.7 Å². The highest BCUT2D eigenvalue weighted by Gasteiger charge is 2.15. The van der Waals surface area contributed by atoms with Gasteiger partial charge in [-0.2, -0.15) is 4.39 Å². The number of H-pyrrole nitrogens is 1. The number of nitrogens with one attached hydrogen (secondary N) is 1. The molecule has 5 nitrogen and oxygen atoms in total. The molecule has 26 heavy (non-hydrogen) atoms. The first kappa shape index (κ1) is 18.7. The highest BCUT2D eigenvalue weighted by Crippen LogP contribution is 2.18. The molecule has 2 heterocycles. The molecule has 2 aromatic rings. The van der Waals surface area contributed by atoms with E-state index in [-0.39, 0.29) is 5.69 Å². The Hall–Kier alpha value is -2.05. The molecule has 1 unspecified atom stereocenters. The van der Waals surface area contributed by atoms with Crippen molar-refractivity contribution < 1.29 is 9.13 Å². The van der Waals surface area contributed by atoms with E-state index in [0.717, 1.165) is 38.1 Å². The SMILES string of the molecule is Cc1nc(-c2ccc(CN(C)CCCC3CCCO3)cc2)[nH]c(=O)c1F. The van der Waals surface area contributed by atoms with E-state index in [1.807, 2.05) is 24.3 Å². The number of halogens is 1. The monoisotopic (exact) mass is 359 g/mol. The van der Waals surface area contributed by atoms with Crippen molar-refractivity contribution in [1.29, 1.82) is 0 Å². The predicted octanol–water partition coefficient (Wildman–Crippen LogP) is 3.28. The molecule has 1 aromatic carbocycles. The maximum absolute atomic E-state index is 13.4. The van der Waals surface area contributed by atoms with Gasteiger partial charge in [0.1, 0.15) is 5.82 Å². The summed E-state index contributed by atoms with van der Waals surface area (Å²) >= 11 is 0. The van der Waals surface area contributed by atoms with E-state index in [4.69, 9.17) is 4.74 Å². The summed E-state index contributed by atoms with van der Waals surface area (Å²) < 4.78 is 19.1. The fraction of sp³-hybridized carbons (Fsp3) is 0.500. The van der Waals surface area contributed by atoms with Gasteiger partial charge in [-0.3, -0.25) is 4.79 Å². The molecule has 1 aliphatic rings. The summed E-state index contributed by atoms with van der Waals surface area (Å²) in [6.07, 6.45) is 5.12. The van der Waals surface area contributed by atoms with Crippen LogP contribution < -0.4 is 5.56 Å². The van der Waals surface area contributed by atoms with Crippen LogP contribution in [0.2, 0.25) is 0 Å². The Balaban J connectivity index is 1.54. The molecule has 1 saturated heterocycles. The fourth-order valence-electron chi connectivity index (χ4n) is 3.33. The highest BCUT2D eigenvalue weighted by atomic mass is 19.1. The van der Waals surface area contributed by atoms with Crippen molar-refractivity contribution in [2.24, 2.45) is 0 Å². The highest BCUT2D eigenvalue weighted by molar-refractivity contribution is 5.55. The van der Waals surface area contributed by atoms with Gasteiger partial charge in [0.2, 0.25) is 5.82 Å². The summed E-state index contributed by atoms with van der Waals surface area (Å²) in [7, 11) is 2.12. The molecule has 1 N–H and O–H groups in total. The maximum atomic E-state index is 13.4. The second-order valence-corrected chi connectivity index (χ2v) is 7.03. The second-order valence-electron chi connectivity index (χ2n) is 7.03. The van der Waals surface area contributed by atoms with Crippen molar-refractivity contribution in [2.75, 3.05) is 20.2 Å². The minimum absolute atomic E-state index is 0.110. The van der Waals surface area contributed by atoms with Gasteiger partial charge < -0.3 is 14.6 Å². The van der Waals surface area contributed by atoms with Crippen LogP contribution in [0.1, 0.15) is 36.9 Å². The molecule has 3 rings (SSSR count). The van der Waals surface area contributed by atoms with Gasteiger partial charge in [0.15, 0.2) is 0 Å². The number of aryl methyl sites for hydroxylation is 1. The minimum atomic E-state index is -0.824. The van der Waals surface area contributed by atoms with Crippen molar-refractivity contribution in [3.8, 4) is 11.4 Å². The number of rotatable bonds is 7. The summed E-state index contributed by atoms with van der Waals surface area (Å²) in [6, 6.07) is 7.85. The molecular weight excluding hydrogens is 333 g/mol. The first-order valence-corrected chi connectivity index (χ1v) is 9.19. The van der Waals surface area contributed by atoms with Gasteiger partial charge in [0.05, 0.1) is 11.8 Å². The molecule has 1 fully saturated rings. The lowest BCUT2D eigenvalue weighted by Crippen LogP contribution is -2.20. The second kappa shape index (κ2) is 8.56. The number of benzene rings is 1. The van der Waals surface area contributed by atoms with Gasteiger partial charge in [-0.05, 0) is 51.8 Å². The van der Waals surface area contributed by atoms with E-state index in [1.54, 1.807) is 0 Å². The molecule has 6 heteroatoms. The standard InChI is InChI=1S/C20H26FN3O2/c1-14-18(21)20(25)23-19(22-14)16-9-7-15(8-10-16)13-24(2)11-3-5-17-6-4-12-26-17/h7-10,17H,3-6,11-13H2,1-2H3,(H,22,23,25). The molecule has 1 aromatic heterocycles. The molecular formula is C20H26FN3O2. The van der Waals surface area contributed by atoms with E-state index in [2.05, 4.69) is 21.9 Å². The van der Waals surface area contributed by atoms with Crippen molar-refractivity contribution in [2.45, 2.75) is 45.3 Å². The quantitative estimate of drug-likeness (QED) is 0.824. The number of aromatic nitrogens is 2. The van der Waals surface area contributed by atoms with Gasteiger partial charge in [-0.15, -0.1) is 0 Å². The average molecular weight is 359 g/mol. The smallest absolute Gasteiger partial charge is 0.287 e. The summed E-state index contributed by atoms with van der Waals surface area (Å²) in [5, 5.41) is 0. The van der Waals surface area contributed by atoms with Gasteiger partial charge in [-0.25, -0.2) is 4.98 Å². The first-order chi connectivity index (χ1) is 12.5. The van der Waals surface area contributed by atoms with E-state index in [1.165, 1.54) is 25.3 Å². The molecule has 0 saturated carbocycles. The van der Waals surface area contributed by atoms with E-state index in [0.29, 0.717) is 11.9 Å². The molecule has 1 aliphatic heterocycles. The van der Waals surface area contributed by atoms with E-state index >= 15 is 0 Å². The van der Waals surface area contributed by atoms with Crippen molar-refractivity contribution in [3.63, 3.8) is 0 Å². The number of aromatic amines is 1. The largest absolute Gasteiger partial charge is 0.378 e. The molecule has 1 atom stereocenters. The maximum Gasteiger partial charge on any atom is 0.287 e. The Bertz CT molecular complexity index is 783. The zero-order valence-corrected chi connectivity index (χ0v) is 15.4. The third-order valence-corrected chi connectivity index (χ3v) is 4.80. The number of nitrogens with zero attached hydrogens (tertiary/aromatic N) is 2. The molecule has 0 aliphatic carbocycles. The lowest BCUT2D eigenvalue weighted by molar-refractivity contribution is 0.0995. The third-order valence-electron chi connectivity index (χ3n) is 4.80. The van der Waals surface area contributed by atoms with Crippen molar-refractivity contribution >= 4 is 0 Å². The molecule has 140 valence electrons. The molecule has 0 amide bonds. The summed E-state index contributed by atoms with van der Waals surface area (Å²) in [5.74, 6) is -0.430. The van der Waals surface area contributed by atoms with Crippen molar-refractivity contribution in [1.82, 2.24) is 14.9 Å². The van der Waals surface area contributed by atoms with Crippen LogP contribution in [0.15, 0.2) is 29.1 Å². The van der Waals surface area contributed by atoms with Crippen LogP contribution in [-0.2, 0) is 11.3 Å². The Morgan fingerprint density at radius 3 is 2.77 bits per heavy atom. The van der Waals surface area contributed by atoms with Gasteiger partial charge in [-0.1, -0.05) is 24.3 Å². The predicted molar refractivity (Wildman–Crippen MR) is 99.5 cm³/mol. The van der Waals surface area contributed by atoms with E-state index < -0.39 is 11.4 Å². The molecule has 0 radical (unpaired) electrons. The Labute approximate surface area is 153 Å². The van der Waals surface area contributed by atoms with Gasteiger partial charge in [0.25, 0.3) is 5.56 Å². The van der Waals surface area contributed by atoms with Crippen LogP contribution in [0.25, 0.3) is 11.4 Å². The first-order valence-electron chi connectivity index (χ1n) is 9.19. The fourth-order valence-corrected chi connectivity index (χ4v) is 3.33. The Kier molecular flexibility index (Phi) is 6.16. The number of hydrogen-bond acceptors (Lipinski definition) is 4. The van der Waals surface area contributed by atoms with Crippen LogP contribution in [0, 0.1) is 12.7 Å². The third kappa shape index (κ3) is 4.77. The lowest BCUT2D eigenvalue weighted by atomic mass is 10.1. The number of ether oxygens (including phenoxy) is 1. The minimum Gasteiger partial charge on any atom is -0.378 e. The normalized spacial score (nSPS) is 17.2. The topological polar surface area (TPSA) is 58.2 Å². The van der Waals surface area contributed by atoms with Gasteiger partial charge >= 0.3 is 0 Å². The van der Waals surface area contributed by atoms with Crippen LogP contribution in [0.4, 0.5) is 4.39 Å². The average Bonchev–Trinajstić information content (AvgIpc) is 3.13. The summed E-state index contributed by atoms with van der Waals surface area (Å²) in [5.41, 5.74) is 1.34. The van der Waals surface area contributed by atoms with Crippen LogP contribution in [-0.4, -0.2) is 41.2 Å². The van der Waals surface area contributed by atoms with Gasteiger partial charge in [0, 0.05) is 18.7 Å². The van der Waals surface area contributed by atoms with Crippen LogP contribution in [0.3, 0.4) is 0 Å². The van der Waals surface area contributed by atoms with Crippen LogP contribution >= 0.6 is 0 Å². The van der Waals surface area contributed by atoms with E-state index in [9.17, 15) is 9.18 Å². The number of hydrogen-bond donors (Lipinski definition) is 1. The Morgan fingerprint density at radius 2 is 2.12 bits per heavy atom.